The number of aromatic nitrogens is 2. The first-order chi connectivity index (χ1) is 10.9. The lowest BCUT2D eigenvalue weighted by Crippen LogP contribution is -2.04. The van der Waals surface area contributed by atoms with E-state index in [1.807, 2.05) is 12.3 Å². The smallest absolute Gasteiger partial charge is 0.335 e. The van der Waals surface area contributed by atoms with E-state index in [1.165, 1.54) is 40.9 Å². The Morgan fingerprint density at radius 3 is 2.78 bits per heavy atom. The monoisotopic (exact) mass is 347 g/mol. The minimum atomic E-state index is -1.24. The topological polar surface area (TPSA) is 124 Å². The van der Waals surface area contributed by atoms with E-state index in [9.17, 15) is 9.90 Å². The number of nitrogens with two attached hydrogens (primary N) is 1. The van der Waals surface area contributed by atoms with E-state index in [-0.39, 0.29) is 5.56 Å². The van der Waals surface area contributed by atoms with E-state index in [0.717, 1.165) is 16.3 Å². The van der Waals surface area contributed by atoms with E-state index in [4.69, 9.17) is 10.8 Å². The third-order valence-corrected chi connectivity index (χ3v) is 4.78. The van der Waals surface area contributed by atoms with Crippen molar-refractivity contribution in [1.82, 2.24) is 9.97 Å². The fourth-order valence-corrected chi connectivity index (χ4v) is 3.58. The van der Waals surface area contributed by atoms with Gasteiger partial charge in [-0.05, 0) is 25.1 Å². The quantitative estimate of drug-likeness (QED) is 0.662. The molecule has 0 atom stereocenters. The van der Waals surface area contributed by atoms with E-state index < -0.39 is 11.7 Å². The molecule has 118 valence electrons. The van der Waals surface area contributed by atoms with Crippen LogP contribution in [0.3, 0.4) is 0 Å². The van der Waals surface area contributed by atoms with Crippen molar-refractivity contribution in [3.8, 4) is 16.3 Å². The van der Waals surface area contributed by atoms with Crippen LogP contribution in [-0.4, -0.2) is 21.0 Å². The molecule has 0 aliphatic heterocycles. The Morgan fingerprint density at radius 2 is 2.17 bits per heavy atom. The predicted octanol–water partition coefficient (Wildman–Crippen LogP) is 2.67. The van der Waals surface area contributed by atoms with Crippen molar-refractivity contribution in [2.24, 2.45) is 0 Å². The van der Waals surface area contributed by atoms with E-state index in [0.29, 0.717) is 16.0 Å². The molecule has 3 aromatic rings. The summed E-state index contributed by atoms with van der Waals surface area (Å²) in [5, 5.41) is 26.5. The third-order valence-electron chi connectivity index (χ3n) is 3.01. The molecular formula is C14H11N4O3S2-. The van der Waals surface area contributed by atoms with Crippen LogP contribution in [0.15, 0.2) is 23.6 Å². The van der Waals surface area contributed by atoms with Gasteiger partial charge in [0, 0.05) is 11.1 Å². The number of carbonyl (C=O) groups is 1. The molecule has 0 aliphatic carbocycles. The standard InChI is InChI=1S/C14H12N4O3S2/c1-6-11(23-13(15)16-6)9-5-22-14(18-9)17-7-2-3-8(12(20)21)10(19)4-7/h2-5,19H,1H3,(H2,15,16)(H,17,18)(H,20,21)/p-1. The molecule has 0 amide bonds. The number of nitrogen functional groups attached to an aromatic ring is 1. The van der Waals surface area contributed by atoms with Gasteiger partial charge in [0.1, 0.15) is 0 Å². The number of hydrogen-bond donors (Lipinski definition) is 3. The molecule has 0 fully saturated rings. The highest BCUT2D eigenvalue weighted by molar-refractivity contribution is 7.19. The number of thiazole rings is 2. The lowest BCUT2D eigenvalue weighted by Gasteiger charge is -2.12. The Labute approximate surface area is 139 Å². The number of anilines is 3. The second-order valence-electron chi connectivity index (χ2n) is 4.65. The average Bonchev–Trinajstić information content (AvgIpc) is 3.05. The Balaban J connectivity index is 1.83. The molecule has 0 bridgehead atoms. The Morgan fingerprint density at radius 1 is 1.39 bits per heavy atom. The van der Waals surface area contributed by atoms with Crippen LogP contribution in [-0.2, 0) is 0 Å². The zero-order chi connectivity index (χ0) is 16.6. The summed E-state index contributed by atoms with van der Waals surface area (Å²) in [5.41, 5.74) is 7.49. The average molecular weight is 347 g/mol. The molecule has 1 aromatic carbocycles. The SMILES string of the molecule is Cc1nc(N)sc1-c1csc(Nc2ccc(C(=O)O)c([O-])c2)n1. The van der Waals surface area contributed by atoms with Gasteiger partial charge >= 0.3 is 5.97 Å². The van der Waals surface area contributed by atoms with Gasteiger partial charge in [-0.3, -0.25) is 0 Å². The lowest BCUT2D eigenvalue weighted by atomic mass is 10.2. The number of benzene rings is 1. The summed E-state index contributed by atoms with van der Waals surface area (Å²) in [6.07, 6.45) is 0. The van der Waals surface area contributed by atoms with Gasteiger partial charge in [-0.2, -0.15) is 0 Å². The first kappa shape index (κ1) is 15.3. The van der Waals surface area contributed by atoms with Crippen molar-refractivity contribution < 1.29 is 15.0 Å². The fraction of sp³-hybridized carbons (Fsp3) is 0.0714. The van der Waals surface area contributed by atoms with Crippen molar-refractivity contribution in [3.05, 3.63) is 34.8 Å². The van der Waals surface area contributed by atoms with E-state index in [2.05, 4.69) is 15.3 Å². The molecule has 7 nitrogen and oxygen atoms in total. The maximum atomic E-state index is 11.7. The molecule has 4 N–H and O–H groups in total. The minimum absolute atomic E-state index is 0.258. The van der Waals surface area contributed by atoms with Crippen molar-refractivity contribution in [2.45, 2.75) is 6.92 Å². The maximum absolute atomic E-state index is 11.7. The van der Waals surface area contributed by atoms with Gasteiger partial charge in [-0.15, -0.1) is 11.3 Å². The maximum Gasteiger partial charge on any atom is 0.335 e. The van der Waals surface area contributed by atoms with Gasteiger partial charge in [0.2, 0.25) is 0 Å². The molecule has 3 rings (SSSR count). The molecule has 9 heteroatoms. The fourth-order valence-electron chi connectivity index (χ4n) is 1.99. The molecule has 0 saturated carbocycles. The molecule has 2 heterocycles. The summed E-state index contributed by atoms with van der Waals surface area (Å²) in [5.74, 6) is -1.79. The van der Waals surface area contributed by atoms with Gasteiger partial charge < -0.3 is 21.3 Å². The van der Waals surface area contributed by atoms with Crippen LogP contribution in [0.4, 0.5) is 16.0 Å². The summed E-state index contributed by atoms with van der Waals surface area (Å²) in [4.78, 5) is 20.3. The summed E-state index contributed by atoms with van der Waals surface area (Å²) in [6, 6.07) is 4.04. The molecule has 0 saturated heterocycles. The highest BCUT2D eigenvalue weighted by Gasteiger charge is 2.12. The molecule has 0 aliphatic rings. The van der Waals surface area contributed by atoms with Crippen LogP contribution in [0.1, 0.15) is 16.1 Å². The van der Waals surface area contributed by atoms with Crippen molar-refractivity contribution in [1.29, 1.82) is 0 Å². The number of nitrogens with one attached hydrogen (secondary N) is 1. The van der Waals surface area contributed by atoms with Crippen molar-refractivity contribution in [2.75, 3.05) is 11.1 Å². The van der Waals surface area contributed by atoms with E-state index >= 15 is 0 Å². The number of aromatic carboxylic acids is 1. The van der Waals surface area contributed by atoms with Gasteiger partial charge in [-0.1, -0.05) is 17.1 Å². The van der Waals surface area contributed by atoms with Crippen molar-refractivity contribution in [3.63, 3.8) is 0 Å². The van der Waals surface area contributed by atoms with Gasteiger partial charge in [0.25, 0.3) is 0 Å². The van der Waals surface area contributed by atoms with Crippen LogP contribution < -0.4 is 16.2 Å². The van der Waals surface area contributed by atoms with Crippen molar-refractivity contribution >= 4 is 44.6 Å². The van der Waals surface area contributed by atoms with Crippen LogP contribution in [0.25, 0.3) is 10.6 Å². The number of carboxylic acid groups (broad SMARTS) is 1. The first-order valence-electron chi connectivity index (χ1n) is 6.44. The summed E-state index contributed by atoms with van der Waals surface area (Å²) < 4.78 is 0. The molecule has 0 unspecified atom stereocenters. The van der Waals surface area contributed by atoms with Gasteiger partial charge in [-0.25, -0.2) is 14.8 Å². The predicted molar refractivity (Wildman–Crippen MR) is 88.5 cm³/mol. The van der Waals surface area contributed by atoms with Crippen LogP contribution in [0.2, 0.25) is 0 Å². The first-order valence-corrected chi connectivity index (χ1v) is 8.14. The molecule has 2 aromatic heterocycles. The number of hydrogen-bond acceptors (Lipinski definition) is 8. The highest BCUT2D eigenvalue weighted by Crippen LogP contribution is 2.34. The second-order valence-corrected chi connectivity index (χ2v) is 6.53. The Bertz CT molecular complexity index is 888. The van der Waals surface area contributed by atoms with E-state index in [1.54, 1.807) is 0 Å². The highest BCUT2D eigenvalue weighted by atomic mass is 32.1. The normalized spacial score (nSPS) is 10.7. The number of carboxylic acids is 1. The molecular weight excluding hydrogens is 336 g/mol. The zero-order valence-electron chi connectivity index (χ0n) is 11.9. The Hall–Kier alpha value is -2.65. The minimum Gasteiger partial charge on any atom is -0.872 e. The summed E-state index contributed by atoms with van der Waals surface area (Å²) in [7, 11) is 0. The molecule has 0 spiro atoms. The summed E-state index contributed by atoms with van der Waals surface area (Å²) in [6.45, 7) is 1.86. The number of nitrogens with zero attached hydrogens (tertiary/aromatic N) is 2. The van der Waals surface area contributed by atoms with Gasteiger partial charge in [0.15, 0.2) is 10.3 Å². The zero-order valence-corrected chi connectivity index (χ0v) is 13.5. The lowest BCUT2D eigenvalue weighted by molar-refractivity contribution is -0.268. The third kappa shape index (κ3) is 3.10. The molecule has 23 heavy (non-hydrogen) atoms. The summed E-state index contributed by atoms with van der Waals surface area (Å²) >= 11 is 2.73. The van der Waals surface area contributed by atoms with Crippen LogP contribution >= 0.6 is 22.7 Å². The largest absolute Gasteiger partial charge is 0.872 e. The second kappa shape index (κ2) is 5.86. The van der Waals surface area contributed by atoms with Crippen LogP contribution in [0, 0.1) is 6.92 Å². The van der Waals surface area contributed by atoms with Crippen LogP contribution in [0.5, 0.6) is 5.75 Å². The number of rotatable bonds is 4. The van der Waals surface area contributed by atoms with Gasteiger partial charge in [0.05, 0.1) is 21.8 Å². The molecule has 0 radical (unpaired) electrons. The number of aryl methyl sites for hydroxylation is 1. The Kier molecular flexibility index (Phi) is 3.89.